The van der Waals surface area contributed by atoms with Gasteiger partial charge in [-0.2, -0.15) is 10.2 Å². The molecule has 5 rings (SSSR count). The van der Waals surface area contributed by atoms with E-state index in [0.29, 0.717) is 12.2 Å². The Morgan fingerprint density at radius 2 is 2.00 bits per heavy atom. The first-order valence-corrected chi connectivity index (χ1v) is 11.4. The van der Waals surface area contributed by atoms with E-state index in [1.54, 1.807) is 18.1 Å². The maximum Gasteiger partial charge on any atom is 0.268 e. The average molecular weight is 445 g/mol. The summed E-state index contributed by atoms with van der Waals surface area (Å²) in [5.74, 6) is -0.0809. The van der Waals surface area contributed by atoms with E-state index >= 15 is 0 Å². The summed E-state index contributed by atoms with van der Waals surface area (Å²) in [7, 11) is 1.94. The number of benzene rings is 1. The summed E-state index contributed by atoms with van der Waals surface area (Å²) in [4.78, 5) is 18.5. The Bertz CT molecular complexity index is 1300. The van der Waals surface area contributed by atoms with E-state index in [4.69, 9.17) is 0 Å². The van der Waals surface area contributed by atoms with Crippen LogP contribution in [0.2, 0.25) is 0 Å². The molecule has 4 aromatic rings. The van der Waals surface area contributed by atoms with E-state index in [9.17, 15) is 4.79 Å². The number of aromatic nitrogens is 4. The second-order valence-corrected chi connectivity index (χ2v) is 9.09. The van der Waals surface area contributed by atoms with Crippen LogP contribution in [0.3, 0.4) is 0 Å². The Labute approximate surface area is 191 Å². The van der Waals surface area contributed by atoms with Crippen LogP contribution in [0.25, 0.3) is 10.9 Å². The molecule has 1 amide bonds. The van der Waals surface area contributed by atoms with Crippen molar-refractivity contribution in [1.29, 1.82) is 0 Å². The van der Waals surface area contributed by atoms with E-state index in [0.717, 1.165) is 46.6 Å². The van der Waals surface area contributed by atoms with E-state index in [-0.39, 0.29) is 5.91 Å². The zero-order valence-corrected chi connectivity index (χ0v) is 18.9. The molecule has 0 atom stereocenters. The van der Waals surface area contributed by atoms with Gasteiger partial charge in [-0.1, -0.05) is 18.2 Å². The number of hydrogen-bond donors (Lipinski definition) is 1. The van der Waals surface area contributed by atoms with Crippen LogP contribution < -0.4 is 5.32 Å². The van der Waals surface area contributed by atoms with Crippen molar-refractivity contribution < 1.29 is 4.79 Å². The second kappa shape index (κ2) is 8.72. The summed E-state index contributed by atoms with van der Waals surface area (Å²) < 4.78 is 4.28. The van der Waals surface area contributed by atoms with Crippen molar-refractivity contribution in [2.24, 2.45) is 7.05 Å². The highest BCUT2D eigenvalue weighted by atomic mass is 32.2. The first kappa shape index (κ1) is 20.7. The van der Waals surface area contributed by atoms with E-state index in [1.807, 2.05) is 60.4 Å². The van der Waals surface area contributed by atoms with Crippen LogP contribution in [0.5, 0.6) is 0 Å². The minimum atomic E-state index is -0.0809. The topological polar surface area (TPSA) is 75.9 Å². The van der Waals surface area contributed by atoms with Gasteiger partial charge in [0.1, 0.15) is 5.69 Å². The van der Waals surface area contributed by atoms with Gasteiger partial charge in [-0.05, 0) is 60.2 Å². The first-order chi connectivity index (χ1) is 15.6. The number of amides is 1. The van der Waals surface area contributed by atoms with Gasteiger partial charge in [-0.15, -0.1) is 0 Å². The standard InChI is InChI=1S/C24H24N6OS/c1-16-23(32-30-10-8-17-13-27-28-14-19(17)15-30)11-22(29(16)2)24(31)26-12-18-5-3-7-21-20(18)6-4-9-25-21/h3-7,9,11,13-14H,8,10,12,15H2,1-2H3,(H,26,31). The number of nitrogens with one attached hydrogen (secondary N) is 1. The largest absolute Gasteiger partial charge is 0.347 e. The molecule has 32 heavy (non-hydrogen) atoms. The van der Waals surface area contributed by atoms with E-state index in [2.05, 4.69) is 31.7 Å². The molecular weight excluding hydrogens is 420 g/mol. The maximum atomic E-state index is 13.0. The van der Waals surface area contributed by atoms with Crippen molar-refractivity contribution in [3.63, 3.8) is 0 Å². The van der Waals surface area contributed by atoms with Crippen molar-refractivity contribution in [1.82, 2.24) is 29.4 Å². The molecule has 1 N–H and O–H groups in total. The molecule has 1 aliphatic rings. The van der Waals surface area contributed by atoms with Gasteiger partial charge in [0.2, 0.25) is 0 Å². The summed E-state index contributed by atoms with van der Waals surface area (Å²) in [6.07, 6.45) is 6.45. The fraction of sp³-hybridized carbons (Fsp3) is 0.250. The van der Waals surface area contributed by atoms with Gasteiger partial charge >= 0.3 is 0 Å². The monoisotopic (exact) mass is 444 g/mol. The third-order valence-corrected chi connectivity index (χ3v) is 7.19. The Hall–Kier alpha value is -3.23. The molecule has 0 spiro atoms. The molecule has 1 aliphatic heterocycles. The van der Waals surface area contributed by atoms with Crippen LogP contribution in [-0.4, -0.2) is 36.5 Å². The predicted octanol–water partition coefficient (Wildman–Crippen LogP) is 3.67. The summed E-state index contributed by atoms with van der Waals surface area (Å²) in [6, 6.07) is 11.9. The molecule has 0 bridgehead atoms. The fourth-order valence-electron chi connectivity index (χ4n) is 4.04. The summed E-state index contributed by atoms with van der Waals surface area (Å²) >= 11 is 1.70. The molecule has 8 heteroatoms. The van der Waals surface area contributed by atoms with Gasteiger partial charge < -0.3 is 9.88 Å². The van der Waals surface area contributed by atoms with Crippen LogP contribution >= 0.6 is 11.9 Å². The lowest BCUT2D eigenvalue weighted by Crippen LogP contribution is -2.25. The molecule has 0 fully saturated rings. The normalized spacial score (nSPS) is 13.8. The number of nitrogens with zero attached hydrogens (tertiary/aromatic N) is 5. The maximum absolute atomic E-state index is 13.0. The van der Waals surface area contributed by atoms with Crippen LogP contribution in [0.1, 0.15) is 32.9 Å². The quantitative estimate of drug-likeness (QED) is 0.474. The molecular formula is C24H24N6OS. The van der Waals surface area contributed by atoms with Crippen molar-refractivity contribution in [3.8, 4) is 0 Å². The lowest BCUT2D eigenvalue weighted by molar-refractivity contribution is 0.0942. The molecule has 0 radical (unpaired) electrons. The molecule has 162 valence electrons. The SMILES string of the molecule is Cc1c(SN2CCc3cnncc3C2)cc(C(=O)NCc2cccc3ncccc23)n1C. The zero-order valence-electron chi connectivity index (χ0n) is 18.1. The second-order valence-electron chi connectivity index (χ2n) is 7.95. The minimum absolute atomic E-state index is 0.0809. The number of pyridine rings is 1. The van der Waals surface area contributed by atoms with Gasteiger partial charge in [0.25, 0.3) is 5.91 Å². The van der Waals surface area contributed by atoms with Crippen LogP contribution in [0.4, 0.5) is 0 Å². The molecule has 3 aromatic heterocycles. The molecule has 7 nitrogen and oxygen atoms in total. The van der Waals surface area contributed by atoms with Crippen LogP contribution in [0, 0.1) is 6.92 Å². The van der Waals surface area contributed by atoms with E-state index in [1.165, 1.54) is 11.1 Å². The lowest BCUT2D eigenvalue weighted by atomic mass is 10.1. The molecule has 0 saturated heterocycles. The van der Waals surface area contributed by atoms with Crippen LogP contribution in [0.15, 0.2) is 59.9 Å². The Morgan fingerprint density at radius 3 is 2.88 bits per heavy atom. The van der Waals surface area contributed by atoms with Crippen molar-refractivity contribution in [2.75, 3.05) is 6.54 Å². The summed E-state index contributed by atoms with van der Waals surface area (Å²) in [5.41, 5.74) is 6.21. The molecule has 1 aromatic carbocycles. The molecule has 0 saturated carbocycles. The molecule has 0 aliphatic carbocycles. The van der Waals surface area contributed by atoms with Crippen LogP contribution in [-0.2, 0) is 26.6 Å². The van der Waals surface area contributed by atoms with Gasteiger partial charge in [0.15, 0.2) is 0 Å². The molecule has 4 heterocycles. The predicted molar refractivity (Wildman–Crippen MR) is 125 cm³/mol. The number of carbonyl (C=O) groups is 1. The highest BCUT2D eigenvalue weighted by molar-refractivity contribution is 7.97. The Morgan fingerprint density at radius 1 is 1.16 bits per heavy atom. The number of carbonyl (C=O) groups excluding carboxylic acids is 1. The van der Waals surface area contributed by atoms with Crippen molar-refractivity contribution in [3.05, 3.63) is 83.1 Å². The third-order valence-electron chi connectivity index (χ3n) is 6.01. The average Bonchev–Trinajstić information content (AvgIpc) is 3.11. The minimum Gasteiger partial charge on any atom is -0.347 e. The number of fused-ring (bicyclic) bond motifs is 2. The van der Waals surface area contributed by atoms with Gasteiger partial charge in [-0.3, -0.25) is 9.78 Å². The summed E-state index contributed by atoms with van der Waals surface area (Å²) in [5, 5.41) is 12.1. The number of rotatable bonds is 5. The van der Waals surface area contributed by atoms with E-state index < -0.39 is 0 Å². The van der Waals surface area contributed by atoms with Crippen molar-refractivity contribution in [2.45, 2.75) is 31.3 Å². The van der Waals surface area contributed by atoms with Gasteiger partial charge in [0, 0.05) is 48.9 Å². The first-order valence-electron chi connectivity index (χ1n) is 10.6. The highest BCUT2D eigenvalue weighted by Gasteiger charge is 2.21. The zero-order chi connectivity index (χ0) is 22.1. The lowest BCUT2D eigenvalue weighted by Gasteiger charge is -2.26. The Kier molecular flexibility index (Phi) is 5.63. The summed E-state index contributed by atoms with van der Waals surface area (Å²) in [6.45, 7) is 4.27. The Balaban J connectivity index is 1.29. The molecule has 0 unspecified atom stereocenters. The van der Waals surface area contributed by atoms with Crippen molar-refractivity contribution >= 4 is 28.8 Å². The number of hydrogen-bond acceptors (Lipinski definition) is 6. The third kappa shape index (κ3) is 3.99. The smallest absolute Gasteiger partial charge is 0.268 e. The highest BCUT2D eigenvalue weighted by Crippen LogP contribution is 2.32. The fourth-order valence-corrected chi connectivity index (χ4v) is 5.14. The van der Waals surface area contributed by atoms with Gasteiger partial charge in [0.05, 0.1) is 17.9 Å². The van der Waals surface area contributed by atoms with Gasteiger partial charge in [-0.25, -0.2) is 4.31 Å².